The lowest BCUT2D eigenvalue weighted by molar-refractivity contribution is -0.136. The molecular formula is C26H23ClO4. The molecule has 3 aromatic carbocycles. The SMILES string of the molecule is COC(=O)C1=C(Oc2ccccc2)c2cc(O)ccc2CCC1Cc1ccc(Cl)cc1. The van der Waals surface area contributed by atoms with Gasteiger partial charge in [-0.2, -0.15) is 0 Å². The number of benzene rings is 3. The van der Waals surface area contributed by atoms with Gasteiger partial charge in [-0.3, -0.25) is 0 Å². The van der Waals surface area contributed by atoms with Crippen LogP contribution in [0.3, 0.4) is 0 Å². The van der Waals surface area contributed by atoms with Gasteiger partial charge in [-0.05, 0) is 72.7 Å². The fraction of sp³-hybridized carbons (Fsp3) is 0.192. The quantitative estimate of drug-likeness (QED) is 0.514. The zero-order valence-corrected chi connectivity index (χ0v) is 17.9. The van der Waals surface area contributed by atoms with Crippen molar-refractivity contribution >= 4 is 23.3 Å². The molecule has 0 radical (unpaired) electrons. The van der Waals surface area contributed by atoms with Gasteiger partial charge in [0.15, 0.2) is 0 Å². The summed E-state index contributed by atoms with van der Waals surface area (Å²) in [7, 11) is 1.38. The number of rotatable bonds is 5. The van der Waals surface area contributed by atoms with Crippen molar-refractivity contribution in [2.75, 3.05) is 7.11 Å². The minimum absolute atomic E-state index is 0.119. The summed E-state index contributed by atoms with van der Waals surface area (Å²) >= 11 is 6.04. The van der Waals surface area contributed by atoms with E-state index >= 15 is 0 Å². The number of carbonyl (C=O) groups is 1. The molecule has 1 atom stereocenters. The molecule has 0 saturated carbocycles. The topological polar surface area (TPSA) is 55.8 Å². The monoisotopic (exact) mass is 434 g/mol. The van der Waals surface area contributed by atoms with Gasteiger partial charge in [-0.15, -0.1) is 0 Å². The Labute approximate surface area is 186 Å². The average molecular weight is 435 g/mol. The van der Waals surface area contributed by atoms with Gasteiger partial charge in [0.25, 0.3) is 0 Å². The lowest BCUT2D eigenvalue weighted by Gasteiger charge is -2.21. The van der Waals surface area contributed by atoms with Crippen molar-refractivity contribution in [1.82, 2.24) is 0 Å². The van der Waals surface area contributed by atoms with Crippen LogP contribution < -0.4 is 4.74 Å². The van der Waals surface area contributed by atoms with Crippen molar-refractivity contribution in [1.29, 1.82) is 0 Å². The van der Waals surface area contributed by atoms with Gasteiger partial charge >= 0.3 is 5.97 Å². The van der Waals surface area contributed by atoms with Gasteiger partial charge in [0.1, 0.15) is 17.3 Å². The third-order valence-corrected chi connectivity index (χ3v) is 5.77. The zero-order chi connectivity index (χ0) is 21.8. The van der Waals surface area contributed by atoms with Crippen LogP contribution in [0.15, 0.2) is 78.4 Å². The summed E-state index contributed by atoms with van der Waals surface area (Å²) in [5.74, 6) is 0.608. The molecule has 5 heteroatoms. The Kier molecular flexibility index (Phi) is 6.28. The number of esters is 1. The van der Waals surface area contributed by atoms with Gasteiger partial charge < -0.3 is 14.6 Å². The van der Waals surface area contributed by atoms with Crippen LogP contribution in [0.25, 0.3) is 5.76 Å². The first-order chi connectivity index (χ1) is 15.0. The number of halogens is 1. The van der Waals surface area contributed by atoms with Crippen molar-refractivity contribution in [2.24, 2.45) is 5.92 Å². The highest BCUT2D eigenvalue weighted by Gasteiger charge is 2.32. The number of hydrogen-bond acceptors (Lipinski definition) is 4. The van der Waals surface area contributed by atoms with Crippen LogP contribution in [0.2, 0.25) is 5.02 Å². The zero-order valence-electron chi connectivity index (χ0n) is 17.2. The summed E-state index contributed by atoms with van der Waals surface area (Å²) in [5, 5.41) is 10.8. The van der Waals surface area contributed by atoms with Crippen molar-refractivity contribution in [2.45, 2.75) is 19.3 Å². The molecule has 0 heterocycles. The van der Waals surface area contributed by atoms with Gasteiger partial charge in [-0.1, -0.05) is 48.0 Å². The first kappa shape index (κ1) is 21.0. The normalized spacial score (nSPS) is 15.7. The molecule has 0 spiro atoms. The summed E-state index contributed by atoms with van der Waals surface area (Å²) in [5.41, 5.74) is 3.28. The van der Waals surface area contributed by atoms with E-state index in [1.807, 2.05) is 60.7 Å². The molecule has 0 aliphatic heterocycles. The molecule has 1 unspecified atom stereocenters. The minimum Gasteiger partial charge on any atom is -0.508 e. The molecule has 4 nitrogen and oxygen atoms in total. The molecular weight excluding hydrogens is 412 g/mol. The molecule has 0 saturated heterocycles. The molecule has 4 rings (SSSR count). The summed E-state index contributed by atoms with van der Waals surface area (Å²) in [6.07, 6.45) is 2.13. The van der Waals surface area contributed by atoms with Crippen molar-refractivity contribution < 1.29 is 19.4 Å². The Balaban J connectivity index is 1.86. The molecule has 1 aliphatic rings. The first-order valence-electron chi connectivity index (χ1n) is 10.2. The second-order valence-electron chi connectivity index (χ2n) is 7.56. The number of methoxy groups -OCH3 is 1. The fourth-order valence-corrected chi connectivity index (χ4v) is 4.12. The average Bonchev–Trinajstić information content (AvgIpc) is 2.92. The number of phenols is 1. The van der Waals surface area contributed by atoms with E-state index in [0.717, 1.165) is 24.0 Å². The number of phenolic OH excluding ortho intramolecular Hbond substituents is 1. The molecule has 158 valence electrons. The third-order valence-electron chi connectivity index (χ3n) is 5.52. The number of ether oxygens (including phenoxy) is 2. The van der Waals surface area contributed by atoms with Gasteiger partial charge in [0, 0.05) is 10.6 Å². The lowest BCUT2D eigenvalue weighted by atomic mass is 9.88. The number of aryl methyl sites for hydroxylation is 1. The standard InChI is InChI=1S/C26H23ClO4/c1-30-26(29)24-19(15-17-7-12-20(27)13-8-17)10-9-18-11-14-21(28)16-23(18)25(24)31-22-5-3-2-4-6-22/h2-8,11-14,16,19,28H,9-10,15H2,1H3. The summed E-state index contributed by atoms with van der Waals surface area (Å²) in [6, 6.07) is 22.2. The molecule has 0 fully saturated rings. The number of aromatic hydroxyl groups is 1. The lowest BCUT2D eigenvalue weighted by Crippen LogP contribution is -2.20. The highest BCUT2D eigenvalue weighted by molar-refractivity contribution is 6.30. The Morgan fingerprint density at radius 1 is 1.06 bits per heavy atom. The van der Waals surface area contributed by atoms with E-state index < -0.39 is 5.97 Å². The van der Waals surface area contributed by atoms with E-state index in [9.17, 15) is 9.90 Å². The molecule has 31 heavy (non-hydrogen) atoms. The smallest absolute Gasteiger partial charge is 0.337 e. The summed E-state index contributed by atoms with van der Waals surface area (Å²) in [6.45, 7) is 0. The van der Waals surface area contributed by atoms with Gasteiger partial charge in [0.2, 0.25) is 0 Å². The Hall–Kier alpha value is -3.24. The Bertz CT molecular complexity index is 1100. The van der Waals surface area contributed by atoms with Gasteiger partial charge in [-0.25, -0.2) is 4.79 Å². The van der Waals surface area contributed by atoms with E-state index in [-0.39, 0.29) is 11.7 Å². The number of fused-ring (bicyclic) bond motifs is 1. The van der Waals surface area contributed by atoms with Crippen LogP contribution in [-0.4, -0.2) is 18.2 Å². The van der Waals surface area contributed by atoms with E-state index in [2.05, 4.69) is 0 Å². The second-order valence-corrected chi connectivity index (χ2v) is 7.99. The predicted molar refractivity (Wildman–Crippen MR) is 121 cm³/mol. The largest absolute Gasteiger partial charge is 0.508 e. The molecule has 1 N–H and O–H groups in total. The minimum atomic E-state index is -0.430. The number of para-hydroxylation sites is 1. The van der Waals surface area contributed by atoms with E-state index in [1.165, 1.54) is 7.11 Å². The molecule has 0 amide bonds. The Morgan fingerprint density at radius 3 is 2.52 bits per heavy atom. The highest BCUT2D eigenvalue weighted by Crippen LogP contribution is 2.38. The maximum Gasteiger partial charge on any atom is 0.337 e. The first-order valence-corrected chi connectivity index (χ1v) is 10.5. The van der Waals surface area contributed by atoms with Crippen LogP contribution in [0, 0.1) is 5.92 Å². The summed E-state index contributed by atoms with van der Waals surface area (Å²) < 4.78 is 11.5. The molecule has 0 bridgehead atoms. The maximum atomic E-state index is 13.0. The van der Waals surface area contributed by atoms with Gasteiger partial charge in [0.05, 0.1) is 12.7 Å². The van der Waals surface area contributed by atoms with Crippen LogP contribution in [-0.2, 0) is 22.4 Å². The maximum absolute atomic E-state index is 13.0. The highest BCUT2D eigenvalue weighted by atomic mass is 35.5. The van der Waals surface area contributed by atoms with Crippen LogP contribution in [0.1, 0.15) is 23.1 Å². The van der Waals surface area contributed by atoms with Crippen molar-refractivity contribution in [3.63, 3.8) is 0 Å². The summed E-state index contributed by atoms with van der Waals surface area (Å²) in [4.78, 5) is 13.0. The van der Waals surface area contributed by atoms with E-state index in [4.69, 9.17) is 21.1 Å². The fourth-order valence-electron chi connectivity index (χ4n) is 3.99. The molecule has 3 aromatic rings. The van der Waals surface area contributed by atoms with E-state index in [1.54, 1.807) is 12.1 Å². The van der Waals surface area contributed by atoms with Crippen LogP contribution >= 0.6 is 11.6 Å². The third kappa shape index (κ3) is 4.75. The predicted octanol–water partition coefficient (Wildman–Crippen LogP) is 5.81. The van der Waals surface area contributed by atoms with Crippen LogP contribution in [0.5, 0.6) is 11.5 Å². The Morgan fingerprint density at radius 2 is 1.81 bits per heavy atom. The molecule has 0 aromatic heterocycles. The van der Waals surface area contributed by atoms with Crippen molar-refractivity contribution in [3.05, 3.63) is 100 Å². The van der Waals surface area contributed by atoms with Crippen molar-refractivity contribution in [3.8, 4) is 11.5 Å². The van der Waals surface area contributed by atoms with Crippen LogP contribution in [0.4, 0.5) is 0 Å². The molecule has 1 aliphatic carbocycles. The number of hydrogen-bond donors (Lipinski definition) is 1. The number of carbonyl (C=O) groups excluding carboxylic acids is 1. The van der Waals surface area contributed by atoms with E-state index in [0.29, 0.717) is 34.1 Å². The second kappa shape index (κ2) is 9.27.